The third-order valence-electron chi connectivity index (χ3n) is 6.01. The molecule has 34 heavy (non-hydrogen) atoms. The standard InChI is InChI=1S/C25H33N3O5S/c1-19(2)33-21-8-6-20(7-9-21)25(29)26-23-18-22(34(30,31)28-14-16-32-17-15-28)10-11-24(23)27-12-4-3-5-13-27/h6-11,18-19H,3-5,12-17H2,1-2H3,(H,26,29). The molecule has 2 aromatic rings. The van der Waals surface area contributed by atoms with Crippen molar-refractivity contribution in [1.29, 1.82) is 0 Å². The van der Waals surface area contributed by atoms with Crippen molar-refractivity contribution >= 4 is 27.3 Å². The normalized spacial score (nSPS) is 17.6. The molecule has 2 fully saturated rings. The molecular formula is C25H33N3O5S. The molecule has 0 atom stereocenters. The molecule has 1 amide bonds. The Morgan fingerprint density at radius 3 is 2.29 bits per heavy atom. The Morgan fingerprint density at radius 2 is 1.65 bits per heavy atom. The monoisotopic (exact) mass is 487 g/mol. The Labute approximate surface area is 201 Å². The maximum absolute atomic E-state index is 13.2. The van der Waals surface area contributed by atoms with Crippen LogP contribution < -0.4 is 15.0 Å². The number of piperidine rings is 1. The molecule has 0 spiro atoms. The van der Waals surface area contributed by atoms with Gasteiger partial charge in [0.15, 0.2) is 0 Å². The number of carbonyl (C=O) groups is 1. The molecule has 2 aliphatic rings. The van der Waals surface area contributed by atoms with Crippen molar-refractivity contribution in [3.8, 4) is 5.75 Å². The van der Waals surface area contributed by atoms with Gasteiger partial charge in [-0.2, -0.15) is 4.31 Å². The smallest absolute Gasteiger partial charge is 0.255 e. The molecule has 0 saturated carbocycles. The van der Waals surface area contributed by atoms with Gasteiger partial charge in [-0.25, -0.2) is 8.42 Å². The second kappa shape index (κ2) is 10.8. The molecule has 1 N–H and O–H groups in total. The molecule has 2 aromatic carbocycles. The number of anilines is 2. The van der Waals surface area contributed by atoms with E-state index < -0.39 is 10.0 Å². The summed E-state index contributed by atoms with van der Waals surface area (Å²) in [5.74, 6) is 0.398. The van der Waals surface area contributed by atoms with E-state index in [1.807, 2.05) is 19.9 Å². The van der Waals surface area contributed by atoms with E-state index in [0.717, 1.165) is 31.6 Å². The Balaban J connectivity index is 1.62. The van der Waals surface area contributed by atoms with E-state index >= 15 is 0 Å². The van der Waals surface area contributed by atoms with E-state index in [1.54, 1.807) is 36.4 Å². The van der Waals surface area contributed by atoms with Gasteiger partial charge in [0.05, 0.1) is 35.6 Å². The van der Waals surface area contributed by atoms with Crippen LogP contribution in [0.2, 0.25) is 0 Å². The highest BCUT2D eigenvalue weighted by Crippen LogP contribution is 2.32. The van der Waals surface area contributed by atoms with Gasteiger partial charge < -0.3 is 19.7 Å². The van der Waals surface area contributed by atoms with E-state index in [4.69, 9.17) is 9.47 Å². The van der Waals surface area contributed by atoms with Crippen LogP contribution in [0, 0.1) is 0 Å². The van der Waals surface area contributed by atoms with Gasteiger partial charge in [0.1, 0.15) is 5.75 Å². The number of benzene rings is 2. The molecule has 0 aromatic heterocycles. The minimum atomic E-state index is -3.68. The molecular weight excluding hydrogens is 454 g/mol. The van der Waals surface area contributed by atoms with E-state index in [2.05, 4.69) is 10.2 Å². The number of sulfonamides is 1. The van der Waals surface area contributed by atoms with Gasteiger partial charge in [0.2, 0.25) is 10.0 Å². The van der Waals surface area contributed by atoms with Crippen molar-refractivity contribution in [3.63, 3.8) is 0 Å². The predicted octanol–water partition coefficient (Wildman–Crippen LogP) is 3.74. The minimum Gasteiger partial charge on any atom is -0.491 e. The van der Waals surface area contributed by atoms with Crippen LogP contribution in [0.3, 0.4) is 0 Å². The Kier molecular flexibility index (Phi) is 7.75. The highest BCUT2D eigenvalue weighted by molar-refractivity contribution is 7.89. The Hall–Kier alpha value is -2.62. The second-order valence-corrected chi connectivity index (χ2v) is 10.8. The third kappa shape index (κ3) is 5.71. The zero-order valence-electron chi connectivity index (χ0n) is 19.8. The molecule has 4 rings (SSSR count). The van der Waals surface area contributed by atoms with Gasteiger partial charge in [0.25, 0.3) is 5.91 Å². The number of nitrogens with one attached hydrogen (secondary N) is 1. The van der Waals surface area contributed by atoms with E-state index in [-0.39, 0.29) is 16.9 Å². The summed E-state index contributed by atoms with van der Waals surface area (Å²) in [6.07, 6.45) is 3.35. The van der Waals surface area contributed by atoms with Crippen molar-refractivity contribution in [2.75, 3.05) is 49.6 Å². The average molecular weight is 488 g/mol. The maximum atomic E-state index is 13.2. The highest BCUT2D eigenvalue weighted by Gasteiger charge is 2.28. The first kappa shape index (κ1) is 24.5. The number of amides is 1. The number of nitrogens with zero attached hydrogens (tertiary/aromatic N) is 2. The quantitative estimate of drug-likeness (QED) is 0.640. The fourth-order valence-corrected chi connectivity index (χ4v) is 5.71. The number of carbonyl (C=O) groups excluding carboxylic acids is 1. The van der Waals surface area contributed by atoms with Gasteiger partial charge >= 0.3 is 0 Å². The van der Waals surface area contributed by atoms with Crippen LogP contribution in [0.5, 0.6) is 5.75 Å². The number of ether oxygens (including phenoxy) is 2. The molecule has 2 heterocycles. The van der Waals surface area contributed by atoms with Gasteiger partial charge in [0, 0.05) is 31.7 Å². The van der Waals surface area contributed by atoms with Crippen LogP contribution in [0.1, 0.15) is 43.5 Å². The number of morpholine rings is 1. The lowest BCUT2D eigenvalue weighted by molar-refractivity contribution is 0.0730. The lowest BCUT2D eigenvalue weighted by Crippen LogP contribution is -2.40. The molecule has 0 radical (unpaired) electrons. The van der Waals surface area contributed by atoms with Crippen molar-refractivity contribution < 1.29 is 22.7 Å². The van der Waals surface area contributed by atoms with Crippen LogP contribution in [0.4, 0.5) is 11.4 Å². The second-order valence-electron chi connectivity index (χ2n) is 8.89. The number of rotatable bonds is 7. The summed E-state index contributed by atoms with van der Waals surface area (Å²) in [6.45, 7) is 7.04. The Bertz CT molecular complexity index is 1090. The molecule has 0 aliphatic carbocycles. The van der Waals surface area contributed by atoms with Crippen LogP contribution in [0.15, 0.2) is 47.4 Å². The summed E-state index contributed by atoms with van der Waals surface area (Å²) in [5, 5.41) is 2.97. The first-order valence-electron chi connectivity index (χ1n) is 11.9. The molecule has 0 bridgehead atoms. The highest BCUT2D eigenvalue weighted by atomic mass is 32.2. The fraction of sp³-hybridized carbons (Fsp3) is 0.480. The van der Waals surface area contributed by atoms with E-state index in [9.17, 15) is 13.2 Å². The Morgan fingerprint density at radius 1 is 0.971 bits per heavy atom. The predicted molar refractivity (Wildman–Crippen MR) is 132 cm³/mol. The van der Waals surface area contributed by atoms with Gasteiger partial charge in [-0.1, -0.05) is 0 Å². The maximum Gasteiger partial charge on any atom is 0.255 e. The first-order chi connectivity index (χ1) is 16.3. The SMILES string of the molecule is CC(C)Oc1ccc(C(=O)Nc2cc(S(=O)(=O)N3CCOCC3)ccc2N2CCCCC2)cc1. The summed E-state index contributed by atoms with van der Waals surface area (Å²) in [4.78, 5) is 15.5. The molecule has 2 saturated heterocycles. The largest absolute Gasteiger partial charge is 0.491 e. The number of hydrogen-bond acceptors (Lipinski definition) is 6. The minimum absolute atomic E-state index is 0.0444. The zero-order valence-corrected chi connectivity index (χ0v) is 20.6. The van der Waals surface area contributed by atoms with E-state index in [1.165, 1.54) is 10.7 Å². The third-order valence-corrected chi connectivity index (χ3v) is 7.90. The van der Waals surface area contributed by atoms with Crippen LogP contribution in [0.25, 0.3) is 0 Å². The first-order valence-corrected chi connectivity index (χ1v) is 13.3. The van der Waals surface area contributed by atoms with Crippen molar-refractivity contribution in [2.24, 2.45) is 0 Å². The summed E-state index contributed by atoms with van der Waals surface area (Å²) < 4.78 is 38.9. The van der Waals surface area contributed by atoms with Gasteiger partial charge in [-0.15, -0.1) is 0 Å². The van der Waals surface area contributed by atoms with Crippen LogP contribution in [-0.2, 0) is 14.8 Å². The van der Waals surface area contributed by atoms with Crippen molar-refractivity contribution in [1.82, 2.24) is 4.31 Å². The van der Waals surface area contributed by atoms with Crippen molar-refractivity contribution in [2.45, 2.75) is 44.1 Å². The molecule has 0 unspecified atom stereocenters. The topological polar surface area (TPSA) is 88.2 Å². The average Bonchev–Trinajstić information content (AvgIpc) is 2.85. The molecule has 2 aliphatic heterocycles. The fourth-order valence-electron chi connectivity index (χ4n) is 4.27. The molecule has 9 heteroatoms. The summed E-state index contributed by atoms with van der Waals surface area (Å²) in [7, 11) is -3.68. The molecule has 8 nitrogen and oxygen atoms in total. The summed E-state index contributed by atoms with van der Waals surface area (Å²) in [5.41, 5.74) is 1.82. The van der Waals surface area contributed by atoms with Crippen molar-refractivity contribution in [3.05, 3.63) is 48.0 Å². The zero-order chi connectivity index (χ0) is 24.1. The van der Waals surface area contributed by atoms with Gasteiger partial charge in [-0.05, 0) is 75.6 Å². The number of hydrogen-bond donors (Lipinski definition) is 1. The lowest BCUT2D eigenvalue weighted by atomic mass is 10.1. The summed E-state index contributed by atoms with van der Waals surface area (Å²) in [6, 6.07) is 12.0. The van der Waals surface area contributed by atoms with Crippen LogP contribution >= 0.6 is 0 Å². The lowest BCUT2D eigenvalue weighted by Gasteiger charge is -2.31. The van der Waals surface area contributed by atoms with Crippen LogP contribution in [-0.4, -0.2) is 64.1 Å². The molecule has 184 valence electrons. The van der Waals surface area contributed by atoms with E-state index in [0.29, 0.717) is 43.3 Å². The summed E-state index contributed by atoms with van der Waals surface area (Å²) >= 11 is 0. The van der Waals surface area contributed by atoms with Gasteiger partial charge in [-0.3, -0.25) is 4.79 Å².